The summed E-state index contributed by atoms with van der Waals surface area (Å²) in [4.78, 5) is 0. The van der Waals surface area contributed by atoms with E-state index in [-0.39, 0.29) is 12.1 Å². The van der Waals surface area contributed by atoms with Crippen molar-refractivity contribution >= 4 is 0 Å². The summed E-state index contributed by atoms with van der Waals surface area (Å²) < 4.78 is 11.1. The molecule has 4 heteroatoms. The van der Waals surface area contributed by atoms with Gasteiger partial charge in [-0.25, -0.2) is 5.43 Å². The van der Waals surface area contributed by atoms with Crippen LogP contribution in [0.5, 0.6) is 0 Å². The molecular formula is C11H22N2O2. The zero-order valence-electron chi connectivity index (χ0n) is 9.82. The van der Waals surface area contributed by atoms with Crippen molar-refractivity contribution in [1.82, 2.24) is 5.43 Å². The second-order valence-corrected chi connectivity index (χ2v) is 4.19. The van der Waals surface area contributed by atoms with Crippen LogP contribution in [0.25, 0.3) is 0 Å². The van der Waals surface area contributed by atoms with E-state index in [0.29, 0.717) is 5.92 Å². The average Bonchev–Trinajstić information content (AvgIpc) is 2.26. The third-order valence-electron chi connectivity index (χ3n) is 2.71. The molecule has 1 aliphatic heterocycles. The Balaban J connectivity index is 2.71. The maximum atomic E-state index is 5.60. The van der Waals surface area contributed by atoms with Gasteiger partial charge in [-0.3, -0.25) is 5.84 Å². The van der Waals surface area contributed by atoms with Crippen LogP contribution in [-0.4, -0.2) is 25.9 Å². The quantitative estimate of drug-likeness (QED) is 0.533. The van der Waals surface area contributed by atoms with E-state index in [1.165, 1.54) is 0 Å². The van der Waals surface area contributed by atoms with Crippen LogP contribution in [0.1, 0.15) is 26.7 Å². The summed E-state index contributed by atoms with van der Waals surface area (Å²) >= 11 is 0. The van der Waals surface area contributed by atoms with E-state index >= 15 is 0 Å². The Hall–Kier alpha value is -0.580. The second kappa shape index (κ2) is 6.10. The van der Waals surface area contributed by atoms with Crippen LogP contribution in [0.2, 0.25) is 0 Å². The smallest absolute Gasteiger partial charge is 0.113 e. The summed E-state index contributed by atoms with van der Waals surface area (Å²) in [7, 11) is 1.71. The molecular weight excluding hydrogens is 192 g/mol. The lowest BCUT2D eigenvalue weighted by Crippen LogP contribution is -2.49. The molecule has 0 bridgehead atoms. The normalized spacial score (nSPS) is 20.7. The number of hydrogen-bond acceptors (Lipinski definition) is 4. The first-order chi connectivity index (χ1) is 7.20. The van der Waals surface area contributed by atoms with Crippen molar-refractivity contribution in [2.75, 3.05) is 13.7 Å². The number of allylic oxidation sites excluding steroid dienone is 1. The summed E-state index contributed by atoms with van der Waals surface area (Å²) in [6, 6.07) is -0.0460. The molecule has 0 aromatic rings. The van der Waals surface area contributed by atoms with E-state index < -0.39 is 0 Å². The van der Waals surface area contributed by atoms with Crippen LogP contribution >= 0.6 is 0 Å². The van der Waals surface area contributed by atoms with Crippen LogP contribution < -0.4 is 11.3 Å². The maximum absolute atomic E-state index is 5.60. The molecule has 0 aliphatic carbocycles. The lowest BCUT2D eigenvalue weighted by molar-refractivity contribution is 0.0208. The standard InChI is InChI=1S/C11H22N2O2/c1-8(2)11(14-3)10(13-12)9-6-4-5-7-15-9/h6,8,10-11,13H,4-5,7,12H2,1-3H3. The summed E-state index contributed by atoms with van der Waals surface area (Å²) in [5.41, 5.74) is 2.79. The molecule has 1 aliphatic rings. The van der Waals surface area contributed by atoms with Gasteiger partial charge in [0.1, 0.15) is 11.8 Å². The summed E-state index contributed by atoms with van der Waals surface area (Å²) in [5.74, 6) is 6.88. The van der Waals surface area contributed by atoms with Gasteiger partial charge in [0.2, 0.25) is 0 Å². The lowest BCUT2D eigenvalue weighted by atomic mass is 9.97. The van der Waals surface area contributed by atoms with Crippen molar-refractivity contribution in [3.63, 3.8) is 0 Å². The lowest BCUT2D eigenvalue weighted by Gasteiger charge is -2.31. The first-order valence-corrected chi connectivity index (χ1v) is 5.52. The largest absolute Gasteiger partial charge is 0.496 e. The monoisotopic (exact) mass is 214 g/mol. The fourth-order valence-corrected chi connectivity index (χ4v) is 1.93. The van der Waals surface area contributed by atoms with Gasteiger partial charge >= 0.3 is 0 Å². The van der Waals surface area contributed by atoms with E-state index in [4.69, 9.17) is 15.3 Å². The van der Waals surface area contributed by atoms with Crippen molar-refractivity contribution < 1.29 is 9.47 Å². The number of nitrogens with one attached hydrogen (secondary N) is 1. The molecule has 0 fully saturated rings. The summed E-state index contributed by atoms with van der Waals surface area (Å²) in [6.07, 6.45) is 4.28. The zero-order valence-corrected chi connectivity index (χ0v) is 9.82. The van der Waals surface area contributed by atoms with Crippen LogP contribution in [0.4, 0.5) is 0 Å². The van der Waals surface area contributed by atoms with Gasteiger partial charge in [0.05, 0.1) is 12.7 Å². The Labute approximate surface area is 91.8 Å². The first kappa shape index (κ1) is 12.5. The zero-order chi connectivity index (χ0) is 11.3. The van der Waals surface area contributed by atoms with Crippen LogP contribution in [0, 0.1) is 5.92 Å². The molecule has 1 heterocycles. The fourth-order valence-electron chi connectivity index (χ4n) is 1.93. The van der Waals surface area contributed by atoms with E-state index in [9.17, 15) is 0 Å². The van der Waals surface area contributed by atoms with Gasteiger partial charge in [-0.15, -0.1) is 0 Å². The number of rotatable bonds is 5. The fraction of sp³-hybridized carbons (Fsp3) is 0.818. The van der Waals surface area contributed by atoms with Gasteiger partial charge in [0, 0.05) is 7.11 Å². The Kier molecular flexibility index (Phi) is 5.08. The molecule has 2 unspecified atom stereocenters. The molecule has 15 heavy (non-hydrogen) atoms. The first-order valence-electron chi connectivity index (χ1n) is 5.52. The number of hydrazine groups is 1. The predicted octanol–water partition coefficient (Wildman–Crippen LogP) is 1.18. The van der Waals surface area contributed by atoms with Crippen molar-refractivity contribution in [2.24, 2.45) is 11.8 Å². The molecule has 88 valence electrons. The number of nitrogens with two attached hydrogens (primary N) is 1. The topological polar surface area (TPSA) is 56.5 Å². The highest BCUT2D eigenvalue weighted by molar-refractivity contribution is 5.08. The number of ether oxygens (including phenoxy) is 2. The van der Waals surface area contributed by atoms with Gasteiger partial charge in [-0.2, -0.15) is 0 Å². The van der Waals surface area contributed by atoms with Crippen LogP contribution in [0.15, 0.2) is 11.8 Å². The van der Waals surface area contributed by atoms with Gasteiger partial charge in [-0.05, 0) is 24.8 Å². The summed E-state index contributed by atoms with van der Waals surface area (Å²) in [6.45, 7) is 5.00. The molecule has 0 radical (unpaired) electrons. The Morgan fingerprint density at radius 2 is 2.27 bits per heavy atom. The molecule has 3 N–H and O–H groups in total. The third-order valence-corrected chi connectivity index (χ3v) is 2.71. The molecule has 0 amide bonds. The number of methoxy groups -OCH3 is 1. The van der Waals surface area contributed by atoms with Gasteiger partial charge in [0.15, 0.2) is 0 Å². The van der Waals surface area contributed by atoms with Gasteiger partial charge in [0.25, 0.3) is 0 Å². The van der Waals surface area contributed by atoms with Crippen molar-refractivity contribution in [3.8, 4) is 0 Å². The Bertz CT molecular complexity index is 217. The van der Waals surface area contributed by atoms with Crippen molar-refractivity contribution in [1.29, 1.82) is 0 Å². The molecule has 1 rings (SSSR count). The number of hydrogen-bond donors (Lipinski definition) is 2. The molecule has 4 nitrogen and oxygen atoms in total. The third kappa shape index (κ3) is 3.19. The second-order valence-electron chi connectivity index (χ2n) is 4.19. The maximum Gasteiger partial charge on any atom is 0.113 e. The highest BCUT2D eigenvalue weighted by atomic mass is 16.5. The van der Waals surface area contributed by atoms with Crippen molar-refractivity contribution in [3.05, 3.63) is 11.8 Å². The van der Waals surface area contributed by atoms with Gasteiger partial charge < -0.3 is 9.47 Å². The minimum atomic E-state index is -0.0460. The molecule has 0 aromatic carbocycles. The minimum absolute atomic E-state index is 0.0411. The average molecular weight is 214 g/mol. The van der Waals surface area contributed by atoms with Crippen molar-refractivity contribution in [2.45, 2.75) is 38.8 Å². The minimum Gasteiger partial charge on any atom is -0.496 e. The molecule has 2 atom stereocenters. The highest BCUT2D eigenvalue weighted by Gasteiger charge is 2.28. The van der Waals surface area contributed by atoms with Crippen LogP contribution in [0.3, 0.4) is 0 Å². The summed E-state index contributed by atoms with van der Waals surface area (Å²) in [5, 5.41) is 0. The highest BCUT2D eigenvalue weighted by Crippen LogP contribution is 2.20. The molecule has 0 aromatic heterocycles. The molecule has 0 spiro atoms. The Morgan fingerprint density at radius 3 is 2.67 bits per heavy atom. The van der Waals surface area contributed by atoms with E-state index in [2.05, 4.69) is 25.3 Å². The van der Waals surface area contributed by atoms with E-state index in [1.54, 1.807) is 7.11 Å². The van der Waals surface area contributed by atoms with E-state index in [0.717, 1.165) is 25.2 Å². The Morgan fingerprint density at radius 1 is 1.53 bits per heavy atom. The van der Waals surface area contributed by atoms with E-state index in [1.807, 2.05) is 0 Å². The predicted molar refractivity (Wildman–Crippen MR) is 60.0 cm³/mol. The van der Waals surface area contributed by atoms with Crippen LogP contribution in [-0.2, 0) is 9.47 Å². The van der Waals surface area contributed by atoms with Gasteiger partial charge in [-0.1, -0.05) is 13.8 Å². The molecule has 0 saturated heterocycles. The molecule has 0 saturated carbocycles. The SMILES string of the molecule is COC(C(C)C)C(NN)C1=CCCCO1.